The van der Waals surface area contributed by atoms with Gasteiger partial charge in [0.15, 0.2) is 0 Å². The lowest BCUT2D eigenvalue weighted by molar-refractivity contribution is 0.341. The quantitative estimate of drug-likeness (QED) is 0.745. The van der Waals surface area contributed by atoms with Crippen LogP contribution in [-0.4, -0.2) is 10.1 Å². The van der Waals surface area contributed by atoms with Crippen molar-refractivity contribution in [1.29, 1.82) is 0 Å². The second-order valence-corrected chi connectivity index (χ2v) is 5.99. The number of halogens is 1. The van der Waals surface area contributed by atoms with Crippen molar-refractivity contribution in [1.82, 2.24) is 10.1 Å². The first-order valence-corrected chi connectivity index (χ1v) is 7.87. The van der Waals surface area contributed by atoms with Crippen LogP contribution >= 0.6 is 12.4 Å². The molecule has 0 fully saturated rings. The minimum Gasteiger partial charge on any atom is -0.338 e. The van der Waals surface area contributed by atoms with E-state index in [4.69, 9.17) is 10.3 Å². The van der Waals surface area contributed by atoms with Crippen molar-refractivity contribution in [3.05, 3.63) is 71.6 Å². The van der Waals surface area contributed by atoms with Crippen LogP contribution < -0.4 is 5.73 Å². The first-order valence-electron chi connectivity index (χ1n) is 7.87. The number of nitrogens with two attached hydrogens (primary N) is 1. The predicted molar refractivity (Wildman–Crippen MR) is 98.0 cm³/mol. The maximum absolute atomic E-state index is 5.63. The van der Waals surface area contributed by atoms with Gasteiger partial charge in [0.2, 0.25) is 11.7 Å². The van der Waals surface area contributed by atoms with Gasteiger partial charge >= 0.3 is 0 Å². The van der Waals surface area contributed by atoms with Gasteiger partial charge in [-0.25, -0.2) is 0 Å². The first-order chi connectivity index (χ1) is 11.2. The molecule has 3 aromatic rings. The number of rotatable bonds is 5. The van der Waals surface area contributed by atoms with E-state index in [0.29, 0.717) is 24.2 Å². The summed E-state index contributed by atoms with van der Waals surface area (Å²) in [6, 6.07) is 18.2. The van der Waals surface area contributed by atoms with Gasteiger partial charge in [0.1, 0.15) is 0 Å². The van der Waals surface area contributed by atoms with E-state index < -0.39 is 0 Å². The number of aromatic nitrogens is 2. The van der Waals surface area contributed by atoms with Crippen LogP contribution in [0, 0.1) is 5.92 Å². The topological polar surface area (TPSA) is 64.9 Å². The Balaban J connectivity index is 0.00000208. The molecular weight excluding hydrogens is 322 g/mol. The Hall–Kier alpha value is -2.17. The minimum absolute atomic E-state index is 0. The smallest absolute Gasteiger partial charge is 0.234 e. The Bertz CT molecular complexity index is 754. The summed E-state index contributed by atoms with van der Waals surface area (Å²) >= 11 is 0. The summed E-state index contributed by atoms with van der Waals surface area (Å²) in [5.74, 6) is 1.74. The summed E-state index contributed by atoms with van der Waals surface area (Å²) in [4.78, 5) is 4.62. The number of hydrogen-bond acceptors (Lipinski definition) is 4. The summed E-state index contributed by atoms with van der Waals surface area (Å²) in [6.07, 6.45) is 0. The van der Waals surface area contributed by atoms with E-state index in [-0.39, 0.29) is 18.3 Å². The highest BCUT2D eigenvalue weighted by Gasteiger charge is 2.24. The molecule has 2 aromatic carbocycles. The van der Waals surface area contributed by atoms with Gasteiger partial charge < -0.3 is 10.3 Å². The number of benzene rings is 2. The lowest BCUT2D eigenvalue weighted by atomic mass is 9.88. The molecule has 4 nitrogen and oxygen atoms in total. The SMILES string of the molecule is CC(C)C(c1ccccc1)c1nc(-c2ccc(CN)cc2)no1.Cl. The third kappa shape index (κ3) is 3.83. The van der Waals surface area contributed by atoms with Gasteiger partial charge in [-0.3, -0.25) is 0 Å². The van der Waals surface area contributed by atoms with Gasteiger partial charge in [-0.15, -0.1) is 12.4 Å². The van der Waals surface area contributed by atoms with Gasteiger partial charge in [0.25, 0.3) is 0 Å². The van der Waals surface area contributed by atoms with Crippen LogP contribution in [0.15, 0.2) is 59.1 Å². The standard InChI is InChI=1S/C19H21N3O.ClH/c1-13(2)17(15-6-4-3-5-7-15)19-21-18(22-23-19)16-10-8-14(12-20)9-11-16;/h3-11,13,17H,12,20H2,1-2H3;1H. The maximum atomic E-state index is 5.63. The van der Waals surface area contributed by atoms with Crippen molar-refractivity contribution in [3.8, 4) is 11.4 Å². The van der Waals surface area contributed by atoms with Crippen molar-refractivity contribution in [3.63, 3.8) is 0 Å². The van der Waals surface area contributed by atoms with E-state index in [0.717, 1.165) is 11.1 Å². The molecule has 24 heavy (non-hydrogen) atoms. The fourth-order valence-corrected chi connectivity index (χ4v) is 2.74. The van der Waals surface area contributed by atoms with E-state index in [1.807, 2.05) is 42.5 Å². The monoisotopic (exact) mass is 343 g/mol. The average Bonchev–Trinajstić information content (AvgIpc) is 3.05. The zero-order valence-electron chi connectivity index (χ0n) is 13.8. The average molecular weight is 344 g/mol. The number of nitrogens with zero attached hydrogens (tertiary/aromatic N) is 2. The predicted octanol–water partition coefficient (Wildman–Crippen LogP) is 4.41. The van der Waals surface area contributed by atoms with E-state index >= 15 is 0 Å². The van der Waals surface area contributed by atoms with Crippen LogP contribution in [-0.2, 0) is 6.54 Å². The molecule has 0 bridgehead atoms. The molecule has 0 amide bonds. The summed E-state index contributed by atoms with van der Waals surface area (Å²) in [5, 5.41) is 4.15. The molecule has 0 aliphatic rings. The molecule has 5 heteroatoms. The number of hydrogen-bond donors (Lipinski definition) is 1. The molecule has 3 rings (SSSR count). The van der Waals surface area contributed by atoms with Gasteiger partial charge in [-0.05, 0) is 17.0 Å². The summed E-state index contributed by atoms with van der Waals surface area (Å²) in [7, 11) is 0. The molecular formula is C19H22ClN3O. The molecule has 1 atom stereocenters. The third-order valence-electron chi connectivity index (χ3n) is 3.98. The molecule has 1 aromatic heterocycles. The van der Waals surface area contributed by atoms with E-state index in [2.05, 4.69) is 36.1 Å². The van der Waals surface area contributed by atoms with E-state index in [1.54, 1.807) is 0 Å². The van der Waals surface area contributed by atoms with Crippen LogP contribution in [0.3, 0.4) is 0 Å². The van der Waals surface area contributed by atoms with Crippen molar-refractivity contribution in [2.24, 2.45) is 11.7 Å². The van der Waals surface area contributed by atoms with E-state index in [9.17, 15) is 0 Å². The zero-order chi connectivity index (χ0) is 16.2. The van der Waals surface area contributed by atoms with Crippen LogP contribution in [0.1, 0.15) is 36.8 Å². The molecule has 2 N–H and O–H groups in total. The molecule has 1 heterocycles. The Morgan fingerprint density at radius 1 is 1.00 bits per heavy atom. The van der Waals surface area contributed by atoms with Crippen molar-refractivity contribution >= 4 is 12.4 Å². The summed E-state index contributed by atoms with van der Waals surface area (Å²) in [5.41, 5.74) is 8.84. The second kappa shape index (κ2) is 8.08. The molecule has 126 valence electrons. The van der Waals surface area contributed by atoms with Crippen LogP contribution in [0.4, 0.5) is 0 Å². The van der Waals surface area contributed by atoms with Crippen LogP contribution in [0.5, 0.6) is 0 Å². The highest BCUT2D eigenvalue weighted by Crippen LogP contribution is 2.31. The van der Waals surface area contributed by atoms with Crippen LogP contribution in [0.2, 0.25) is 0 Å². The van der Waals surface area contributed by atoms with Gasteiger partial charge in [-0.1, -0.05) is 73.6 Å². The molecule has 0 spiro atoms. The molecule has 0 radical (unpaired) electrons. The van der Waals surface area contributed by atoms with Crippen molar-refractivity contribution < 1.29 is 4.52 Å². The molecule has 0 saturated heterocycles. The fraction of sp³-hybridized carbons (Fsp3) is 0.263. The highest BCUT2D eigenvalue weighted by atomic mass is 35.5. The lowest BCUT2D eigenvalue weighted by Crippen LogP contribution is -2.08. The van der Waals surface area contributed by atoms with E-state index in [1.165, 1.54) is 5.56 Å². The van der Waals surface area contributed by atoms with Gasteiger partial charge in [0.05, 0.1) is 5.92 Å². The van der Waals surface area contributed by atoms with Crippen molar-refractivity contribution in [2.75, 3.05) is 0 Å². The Morgan fingerprint density at radius 2 is 1.67 bits per heavy atom. The molecule has 0 aliphatic heterocycles. The fourth-order valence-electron chi connectivity index (χ4n) is 2.74. The van der Waals surface area contributed by atoms with Gasteiger partial charge in [0, 0.05) is 12.1 Å². The minimum atomic E-state index is 0. The largest absolute Gasteiger partial charge is 0.338 e. The first kappa shape index (κ1) is 18.2. The van der Waals surface area contributed by atoms with Gasteiger partial charge in [-0.2, -0.15) is 4.98 Å². The maximum Gasteiger partial charge on any atom is 0.234 e. The lowest BCUT2D eigenvalue weighted by Gasteiger charge is -2.16. The summed E-state index contributed by atoms with van der Waals surface area (Å²) < 4.78 is 5.57. The van der Waals surface area contributed by atoms with Crippen molar-refractivity contribution in [2.45, 2.75) is 26.3 Å². The Kier molecular flexibility index (Phi) is 6.12. The van der Waals surface area contributed by atoms with Crippen LogP contribution in [0.25, 0.3) is 11.4 Å². The molecule has 1 unspecified atom stereocenters. The Labute approximate surface area is 148 Å². The highest BCUT2D eigenvalue weighted by molar-refractivity contribution is 5.85. The second-order valence-electron chi connectivity index (χ2n) is 5.99. The molecule has 0 saturated carbocycles. The summed E-state index contributed by atoms with van der Waals surface area (Å²) in [6.45, 7) is 4.86. The Morgan fingerprint density at radius 3 is 2.25 bits per heavy atom. The third-order valence-corrected chi connectivity index (χ3v) is 3.98. The molecule has 0 aliphatic carbocycles. The normalized spacial score (nSPS) is 12.0. The zero-order valence-corrected chi connectivity index (χ0v) is 14.7.